The largest absolute Gasteiger partial charge is 1.00 e. The summed E-state index contributed by atoms with van der Waals surface area (Å²) in [7, 11) is 0. The maximum absolute atomic E-state index is 3.39. The summed E-state index contributed by atoms with van der Waals surface area (Å²) < 4.78 is 0. The molecule has 0 aliphatic heterocycles. The molecule has 0 spiro atoms. The lowest BCUT2D eigenvalue weighted by atomic mass is 10.0. The molecule has 0 saturated carbocycles. The van der Waals surface area contributed by atoms with Crippen LogP contribution in [0.3, 0.4) is 0 Å². The number of pyridine rings is 2. The van der Waals surface area contributed by atoms with Crippen molar-refractivity contribution in [1.82, 2.24) is 0 Å². The fourth-order valence-corrected chi connectivity index (χ4v) is 2.74. The molecule has 0 aliphatic carbocycles. The van der Waals surface area contributed by atoms with Gasteiger partial charge in [-0.2, -0.15) is 0 Å². The smallest absolute Gasteiger partial charge is 0.284 e. The van der Waals surface area contributed by atoms with E-state index in [1.807, 2.05) is 12.4 Å². The number of aromatic nitrogens is 2. The monoisotopic (exact) mass is 434 g/mol. The fourth-order valence-electron chi connectivity index (χ4n) is 2.74. The van der Waals surface area contributed by atoms with Crippen LogP contribution in [0, 0.1) is 0 Å². The van der Waals surface area contributed by atoms with Crippen LogP contribution in [0.25, 0.3) is 32.9 Å². The molecule has 4 rings (SSSR count). The van der Waals surface area contributed by atoms with Gasteiger partial charge in [-0.25, -0.2) is 9.97 Å². The second kappa shape index (κ2) is 8.15. The Hall–Kier alpha value is -1.82. The molecule has 3 nitrogen and oxygen atoms in total. The number of hydrogen-bond donors (Lipinski definition) is 0. The van der Waals surface area contributed by atoms with Crippen molar-refractivity contribution >= 4 is 21.5 Å². The Morgan fingerprint density at radius 3 is 1.35 bits per heavy atom. The molecule has 0 radical (unpaired) electrons. The number of halogens is 2. The quantitative estimate of drug-likeness (QED) is 0.297. The highest BCUT2D eigenvalue weighted by Gasteiger charge is 2.19. The van der Waals surface area contributed by atoms with Gasteiger partial charge in [0.25, 0.3) is 11.4 Å². The minimum absolute atomic E-state index is 0. The third-order valence-electron chi connectivity index (χ3n) is 3.69. The molecular formula is C18H16Br2N2O. The second-order valence-electron chi connectivity index (χ2n) is 4.88. The van der Waals surface area contributed by atoms with Crippen molar-refractivity contribution in [2.24, 2.45) is 0 Å². The molecule has 0 unspecified atom stereocenters. The highest BCUT2D eigenvalue weighted by molar-refractivity contribution is 5.99. The molecule has 0 amide bonds. The zero-order valence-corrected chi connectivity index (χ0v) is 15.4. The number of nitrogens with one attached hydrogen (secondary N) is 2. The van der Waals surface area contributed by atoms with Crippen LogP contribution in [0.1, 0.15) is 0 Å². The second-order valence-corrected chi connectivity index (χ2v) is 4.88. The molecular weight excluding hydrogens is 420 g/mol. The molecule has 2 aromatic heterocycles. The minimum atomic E-state index is 0. The summed E-state index contributed by atoms with van der Waals surface area (Å²) in [5, 5.41) is 4.93. The first-order chi connectivity index (χ1) is 9.93. The first-order valence-electron chi connectivity index (χ1n) is 6.73. The Morgan fingerprint density at radius 1 is 0.522 bits per heavy atom. The molecule has 0 aliphatic rings. The zero-order valence-electron chi connectivity index (χ0n) is 12.2. The zero-order chi connectivity index (χ0) is 13.4. The number of benzene rings is 2. The molecule has 4 N–H and O–H groups in total. The Bertz CT molecular complexity index is 841. The number of hydrogen-bond acceptors (Lipinski definition) is 0. The van der Waals surface area contributed by atoms with Gasteiger partial charge in [-0.1, -0.05) is 36.4 Å². The van der Waals surface area contributed by atoms with Crippen LogP contribution in [0.15, 0.2) is 73.1 Å². The number of rotatable bonds is 1. The van der Waals surface area contributed by atoms with Crippen molar-refractivity contribution in [3.63, 3.8) is 0 Å². The Labute approximate surface area is 155 Å². The van der Waals surface area contributed by atoms with Crippen molar-refractivity contribution in [2.45, 2.75) is 0 Å². The van der Waals surface area contributed by atoms with Crippen LogP contribution in [0.2, 0.25) is 0 Å². The van der Waals surface area contributed by atoms with Crippen LogP contribution in [-0.2, 0) is 0 Å². The van der Waals surface area contributed by atoms with Crippen molar-refractivity contribution in [2.75, 3.05) is 0 Å². The van der Waals surface area contributed by atoms with Gasteiger partial charge in [0.05, 0.1) is 10.8 Å². The van der Waals surface area contributed by atoms with Gasteiger partial charge in [-0.05, 0) is 22.9 Å². The van der Waals surface area contributed by atoms with Crippen LogP contribution >= 0.6 is 0 Å². The first-order valence-corrected chi connectivity index (χ1v) is 6.73. The molecule has 118 valence electrons. The van der Waals surface area contributed by atoms with Crippen molar-refractivity contribution in [3.8, 4) is 11.4 Å². The SMILES string of the molecule is O.[Br-].[Br-].c1ccc2c(-c3[nH+]ccc4ccccc34)[nH+]ccc2c1. The topological polar surface area (TPSA) is 59.8 Å². The third kappa shape index (κ3) is 3.42. The van der Waals surface area contributed by atoms with Gasteiger partial charge in [-0.15, -0.1) is 0 Å². The predicted molar refractivity (Wildman–Crippen MR) is 83.6 cm³/mol. The summed E-state index contributed by atoms with van der Waals surface area (Å²) in [6.07, 6.45) is 3.99. The molecule has 2 heterocycles. The van der Waals surface area contributed by atoms with Crippen molar-refractivity contribution < 1.29 is 49.4 Å². The lowest BCUT2D eigenvalue weighted by Crippen LogP contribution is -3.00. The standard InChI is InChI=1S/C18H12N2.2BrH.H2O/c1-3-7-15-13(5-1)9-11-19-17(15)18-16-8-4-2-6-14(16)10-12-20-18;;;/h1-12H;2*1H;1H2. The average molecular weight is 436 g/mol. The van der Waals surface area contributed by atoms with Gasteiger partial charge in [0, 0.05) is 12.1 Å². The van der Waals surface area contributed by atoms with E-state index in [4.69, 9.17) is 0 Å². The van der Waals surface area contributed by atoms with Crippen LogP contribution in [0.5, 0.6) is 0 Å². The fraction of sp³-hybridized carbons (Fsp3) is 0. The van der Waals surface area contributed by atoms with Gasteiger partial charge in [0.15, 0.2) is 12.4 Å². The van der Waals surface area contributed by atoms with E-state index in [9.17, 15) is 0 Å². The van der Waals surface area contributed by atoms with E-state index in [2.05, 4.69) is 70.6 Å². The summed E-state index contributed by atoms with van der Waals surface area (Å²) in [5.41, 5.74) is 2.25. The number of H-pyrrole nitrogens is 2. The molecule has 0 saturated heterocycles. The van der Waals surface area contributed by atoms with Gasteiger partial charge in [0.1, 0.15) is 0 Å². The van der Waals surface area contributed by atoms with Gasteiger partial charge < -0.3 is 39.4 Å². The van der Waals surface area contributed by atoms with Crippen LogP contribution in [-0.4, -0.2) is 5.48 Å². The molecule has 0 bridgehead atoms. The summed E-state index contributed by atoms with van der Waals surface area (Å²) in [4.78, 5) is 6.78. The lowest BCUT2D eigenvalue weighted by Gasteiger charge is -2.00. The molecule has 23 heavy (non-hydrogen) atoms. The predicted octanol–water partition coefficient (Wildman–Crippen LogP) is -3.53. The maximum atomic E-state index is 3.39. The molecule has 0 fully saturated rings. The van der Waals surface area contributed by atoms with Gasteiger partial charge in [-0.3, -0.25) is 0 Å². The Kier molecular flexibility index (Phi) is 6.81. The summed E-state index contributed by atoms with van der Waals surface area (Å²) in [5.74, 6) is 0. The number of aromatic amines is 2. The Morgan fingerprint density at radius 2 is 0.913 bits per heavy atom. The van der Waals surface area contributed by atoms with Crippen molar-refractivity contribution in [1.29, 1.82) is 0 Å². The van der Waals surface area contributed by atoms with Gasteiger partial charge >= 0.3 is 0 Å². The van der Waals surface area contributed by atoms with Crippen LogP contribution < -0.4 is 43.9 Å². The lowest BCUT2D eigenvalue weighted by molar-refractivity contribution is -0.399. The van der Waals surface area contributed by atoms with E-state index in [0.717, 1.165) is 11.4 Å². The minimum Gasteiger partial charge on any atom is -1.00 e. The summed E-state index contributed by atoms with van der Waals surface area (Å²) in [6, 6.07) is 21.1. The van der Waals surface area contributed by atoms with E-state index < -0.39 is 0 Å². The van der Waals surface area contributed by atoms with E-state index >= 15 is 0 Å². The molecule has 0 atom stereocenters. The molecule has 4 aromatic rings. The van der Waals surface area contributed by atoms with Gasteiger partial charge in [0.2, 0.25) is 0 Å². The van der Waals surface area contributed by atoms with Crippen LogP contribution in [0.4, 0.5) is 0 Å². The maximum Gasteiger partial charge on any atom is 0.284 e. The third-order valence-corrected chi connectivity index (χ3v) is 3.69. The highest BCUT2D eigenvalue weighted by Crippen LogP contribution is 2.26. The summed E-state index contributed by atoms with van der Waals surface area (Å²) >= 11 is 0. The molecule has 2 aromatic carbocycles. The molecule has 5 heteroatoms. The van der Waals surface area contributed by atoms with Crippen molar-refractivity contribution in [3.05, 3.63) is 73.1 Å². The number of fused-ring (bicyclic) bond motifs is 2. The highest BCUT2D eigenvalue weighted by atomic mass is 79.9. The average Bonchev–Trinajstić information content (AvgIpc) is 2.54. The van der Waals surface area contributed by atoms with E-state index in [-0.39, 0.29) is 39.4 Å². The first kappa shape index (κ1) is 19.2. The normalized spacial score (nSPS) is 9.57. The Balaban J connectivity index is 0.000000882. The summed E-state index contributed by atoms with van der Waals surface area (Å²) in [6.45, 7) is 0. The van der Waals surface area contributed by atoms with E-state index in [1.165, 1.54) is 21.5 Å². The van der Waals surface area contributed by atoms with E-state index in [1.54, 1.807) is 0 Å². The van der Waals surface area contributed by atoms with E-state index in [0.29, 0.717) is 0 Å².